The van der Waals surface area contributed by atoms with Crippen molar-refractivity contribution in [3.05, 3.63) is 70.3 Å². The van der Waals surface area contributed by atoms with Crippen LogP contribution in [0.15, 0.2) is 42.5 Å². The van der Waals surface area contributed by atoms with Crippen molar-refractivity contribution in [2.45, 2.75) is 84.0 Å². The number of aliphatic carboxylic acids is 1. The molecule has 1 fully saturated rings. The van der Waals surface area contributed by atoms with E-state index in [4.69, 9.17) is 5.11 Å². The second-order valence-corrected chi connectivity index (χ2v) is 10.6. The van der Waals surface area contributed by atoms with Gasteiger partial charge in [-0.3, -0.25) is 9.69 Å². The van der Waals surface area contributed by atoms with Crippen molar-refractivity contribution in [1.29, 1.82) is 0 Å². The van der Waals surface area contributed by atoms with Gasteiger partial charge in [0, 0.05) is 19.0 Å². The van der Waals surface area contributed by atoms with E-state index >= 15 is 0 Å². The van der Waals surface area contributed by atoms with Gasteiger partial charge in [-0.2, -0.15) is 39.5 Å². The summed E-state index contributed by atoms with van der Waals surface area (Å²) in [5.41, 5.74) is -3.77. The number of carbonyl (C=O) groups is 1. The lowest BCUT2D eigenvalue weighted by molar-refractivity contribution is -0.142. The number of carboxylic acids is 1. The fraction of sp³-hybridized carbons (Fsp3) is 0.552. The van der Waals surface area contributed by atoms with Gasteiger partial charge >= 0.3 is 24.5 Å². The molecule has 1 aliphatic heterocycles. The highest BCUT2D eigenvalue weighted by molar-refractivity contribution is 5.67. The fourth-order valence-electron chi connectivity index (χ4n) is 4.92. The van der Waals surface area contributed by atoms with Crippen LogP contribution in [0.4, 0.5) is 39.5 Å². The van der Waals surface area contributed by atoms with E-state index in [1.807, 2.05) is 0 Å². The molecular weight excluding hydrogens is 565 g/mol. The number of carboxylic acid groups (broad SMARTS) is 1. The molecule has 3 nitrogen and oxygen atoms in total. The Bertz CT molecular complexity index is 1120. The molecule has 1 heterocycles. The summed E-state index contributed by atoms with van der Waals surface area (Å²) < 4.78 is 119. The Labute approximate surface area is 233 Å². The first kappa shape index (κ1) is 34.4. The molecule has 0 amide bonds. The van der Waals surface area contributed by atoms with Crippen LogP contribution in [0.3, 0.4) is 0 Å². The molecule has 0 aromatic heterocycles. The van der Waals surface area contributed by atoms with Gasteiger partial charge < -0.3 is 5.11 Å². The van der Waals surface area contributed by atoms with E-state index in [2.05, 4.69) is 20.8 Å². The molecule has 1 aliphatic rings. The molecule has 0 radical (unpaired) electrons. The van der Waals surface area contributed by atoms with Gasteiger partial charge in [0.2, 0.25) is 0 Å². The third kappa shape index (κ3) is 10.5. The van der Waals surface area contributed by atoms with E-state index in [0.717, 1.165) is 30.2 Å². The van der Waals surface area contributed by atoms with Gasteiger partial charge in [0.05, 0.1) is 16.7 Å². The molecule has 41 heavy (non-hydrogen) atoms. The lowest BCUT2D eigenvalue weighted by Crippen LogP contribution is -2.37. The molecule has 1 saturated heterocycles. The van der Waals surface area contributed by atoms with Crippen molar-refractivity contribution < 1.29 is 49.4 Å². The Hall–Kier alpha value is -2.76. The highest BCUT2D eigenvalue weighted by Crippen LogP contribution is 2.41. The Morgan fingerprint density at radius 1 is 0.902 bits per heavy atom. The van der Waals surface area contributed by atoms with Gasteiger partial charge in [-0.25, -0.2) is 0 Å². The van der Waals surface area contributed by atoms with Crippen molar-refractivity contribution in [3.63, 3.8) is 0 Å². The van der Waals surface area contributed by atoms with Crippen LogP contribution in [0.1, 0.15) is 86.7 Å². The van der Waals surface area contributed by atoms with Crippen molar-refractivity contribution >= 4 is 5.97 Å². The SMILES string of the molecule is CCCC(C)C.O=C(O)CC1CCN(Cc2cc(C(F)(F)F)ccc2C(F)(F)F)C(c2ccc(C(F)(F)F)cc2)C1. The van der Waals surface area contributed by atoms with E-state index in [0.29, 0.717) is 23.8 Å². The van der Waals surface area contributed by atoms with Crippen molar-refractivity contribution in [3.8, 4) is 0 Å². The predicted molar refractivity (Wildman–Crippen MR) is 136 cm³/mol. The van der Waals surface area contributed by atoms with Crippen LogP contribution >= 0.6 is 0 Å². The monoisotopic (exact) mass is 599 g/mol. The zero-order valence-electron chi connectivity index (χ0n) is 22.9. The number of hydrogen-bond acceptors (Lipinski definition) is 2. The van der Waals surface area contributed by atoms with E-state index in [-0.39, 0.29) is 25.8 Å². The summed E-state index contributed by atoms with van der Waals surface area (Å²) in [6.07, 6.45) is -11.6. The maximum atomic E-state index is 13.5. The molecule has 230 valence electrons. The Kier molecular flexibility index (Phi) is 11.7. The molecule has 0 aliphatic carbocycles. The lowest BCUT2D eigenvalue weighted by Gasteiger charge is -2.40. The molecule has 0 spiro atoms. The number of piperidine rings is 1. The Morgan fingerprint density at radius 3 is 1.90 bits per heavy atom. The summed E-state index contributed by atoms with van der Waals surface area (Å²) in [5.74, 6) is -0.610. The number of alkyl halides is 9. The topological polar surface area (TPSA) is 40.5 Å². The predicted octanol–water partition coefficient (Wildman–Crippen LogP) is 9.61. The molecule has 2 atom stereocenters. The van der Waals surface area contributed by atoms with Crippen LogP contribution in [-0.2, 0) is 29.9 Å². The first-order valence-electron chi connectivity index (χ1n) is 13.2. The normalized spacial score (nSPS) is 18.7. The molecule has 0 bridgehead atoms. The summed E-state index contributed by atoms with van der Waals surface area (Å²) in [6, 6.07) is 4.27. The van der Waals surface area contributed by atoms with Crippen LogP contribution in [0, 0.1) is 11.8 Å². The van der Waals surface area contributed by atoms with Gasteiger partial charge in [0.25, 0.3) is 0 Å². The first-order chi connectivity index (χ1) is 18.8. The number of rotatable bonds is 7. The van der Waals surface area contributed by atoms with E-state index in [1.165, 1.54) is 17.7 Å². The van der Waals surface area contributed by atoms with E-state index < -0.39 is 65.3 Å². The fourth-order valence-corrected chi connectivity index (χ4v) is 4.92. The Morgan fingerprint density at radius 2 is 1.46 bits per heavy atom. The summed E-state index contributed by atoms with van der Waals surface area (Å²) in [5, 5.41) is 9.11. The minimum absolute atomic E-state index is 0.0528. The molecular formula is C29H34F9NO2. The van der Waals surface area contributed by atoms with Crippen molar-refractivity contribution in [2.24, 2.45) is 11.8 Å². The molecule has 2 unspecified atom stereocenters. The molecule has 12 heteroatoms. The quantitative estimate of drug-likeness (QED) is 0.322. The third-order valence-corrected chi connectivity index (χ3v) is 6.89. The Balaban J connectivity index is 0.000000883. The molecule has 2 aromatic rings. The van der Waals surface area contributed by atoms with Gasteiger partial charge in [0.15, 0.2) is 0 Å². The minimum Gasteiger partial charge on any atom is -0.481 e. The number of halogens is 9. The smallest absolute Gasteiger partial charge is 0.416 e. The number of hydrogen-bond donors (Lipinski definition) is 1. The average Bonchev–Trinajstić information content (AvgIpc) is 2.83. The van der Waals surface area contributed by atoms with Gasteiger partial charge in [0.1, 0.15) is 0 Å². The summed E-state index contributed by atoms with van der Waals surface area (Å²) >= 11 is 0. The minimum atomic E-state index is -4.93. The lowest BCUT2D eigenvalue weighted by atomic mass is 9.84. The van der Waals surface area contributed by atoms with Gasteiger partial charge in [-0.05, 0) is 72.7 Å². The highest BCUT2D eigenvalue weighted by Gasteiger charge is 2.39. The summed E-state index contributed by atoms with van der Waals surface area (Å²) in [7, 11) is 0. The van der Waals surface area contributed by atoms with Crippen LogP contribution in [0.2, 0.25) is 0 Å². The maximum Gasteiger partial charge on any atom is 0.416 e. The zero-order valence-corrected chi connectivity index (χ0v) is 22.9. The number of benzene rings is 2. The summed E-state index contributed by atoms with van der Waals surface area (Å²) in [6.45, 7) is 6.23. The van der Waals surface area contributed by atoms with Gasteiger partial charge in [-0.15, -0.1) is 0 Å². The second-order valence-electron chi connectivity index (χ2n) is 10.6. The molecule has 0 saturated carbocycles. The van der Waals surface area contributed by atoms with E-state index in [9.17, 15) is 44.3 Å². The van der Waals surface area contributed by atoms with Crippen LogP contribution < -0.4 is 0 Å². The highest BCUT2D eigenvalue weighted by atomic mass is 19.4. The van der Waals surface area contributed by atoms with Crippen LogP contribution in [0.5, 0.6) is 0 Å². The maximum absolute atomic E-state index is 13.5. The van der Waals surface area contributed by atoms with Crippen molar-refractivity contribution in [1.82, 2.24) is 4.90 Å². The van der Waals surface area contributed by atoms with Gasteiger partial charge in [-0.1, -0.05) is 45.7 Å². The molecule has 1 N–H and O–H groups in total. The van der Waals surface area contributed by atoms with Crippen LogP contribution in [0.25, 0.3) is 0 Å². The standard InChI is InChI=1S/C23H20F9NO2.C6H14/c24-21(25,26)16-3-1-14(2-4-16)19-9-13(10-20(34)35)7-8-33(19)12-15-11-17(22(27,28)29)5-6-18(15)23(30,31)32;1-4-5-6(2)3/h1-6,11,13,19H,7-10,12H2,(H,34,35);6H,4-5H2,1-3H3. The van der Waals surface area contributed by atoms with Crippen LogP contribution in [-0.4, -0.2) is 22.5 Å². The first-order valence-corrected chi connectivity index (χ1v) is 13.2. The third-order valence-electron chi connectivity index (χ3n) is 6.89. The summed E-state index contributed by atoms with van der Waals surface area (Å²) in [4.78, 5) is 12.6. The zero-order chi connectivity index (χ0) is 31.2. The second kappa shape index (κ2) is 13.9. The number of nitrogens with zero attached hydrogens (tertiary/aromatic N) is 1. The number of likely N-dealkylation sites (tertiary alicyclic amines) is 1. The molecule has 2 aromatic carbocycles. The largest absolute Gasteiger partial charge is 0.481 e. The molecule has 3 rings (SSSR count). The van der Waals surface area contributed by atoms with Crippen molar-refractivity contribution in [2.75, 3.05) is 6.54 Å². The van der Waals surface area contributed by atoms with E-state index in [1.54, 1.807) is 0 Å². The average molecular weight is 600 g/mol.